The van der Waals surface area contributed by atoms with Crippen molar-refractivity contribution in [3.05, 3.63) is 22.4 Å². The summed E-state index contributed by atoms with van der Waals surface area (Å²) in [4.78, 5) is 11.0. The summed E-state index contributed by atoms with van der Waals surface area (Å²) in [7, 11) is 0. The molecule has 116 valence electrons. The molecule has 5 heteroatoms. The molecule has 0 radical (unpaired) electrons. The van der Waals surface area contributed by atoms with Crippen LogP contribution in [-0.2, 0) is 0 Å². The van der Waals surface area contributed by atoms with Gasteiger partial charge in [-0.15, -0.1) is 11.3 Å². The van der Waals surface area contributed by atoms with E-state index >= 15 is 0 Å². The topological polar surface area (TPSA) is 44.9 Å². The van der Waals surface area contributed by atoms with Gasteiger partial charge < -0.3 is 10.6 Å². The van der Waals surface area contributed by atoms with E-state index in [1.54, 1.807) is 0 Å². The van der Waals surface area contributed by atoms with Crippen molar-refractivity contribution in [3.63, 3.8) is 0 Å². The van der Waals surface area contributed by atoms with Crippen LogP contribution in [0.4, 0.5) is 0 Å². The summed E-state index contributed by atoms with van der Waals surface area (Å²) >= 11 is 1.84. The highest BCUT2D eigenvalue weighted by Gasteiger charge is 2.24. The van der Waals surface area contributed by atoms with Crippen LogP contribution in [-0.4, -0.2) is 48.5 Å². The molecule has 0 spiro atoms. The Morgan fingerprint density at radius 1 is 1.14 bits per heavy atom. The quantitative estimate of drug-likeness (QED) is 0.687. The van der Waals surface area contributed by atoms with Crippen LogP contribution < -0.4 is 5.73 Å². The molecule has 0 aliphatic carbocycles. The summed E-state index contributed by atoms with van der Waals surface area (Å²) in [5, 5.41) is 2.16. The lowest BCUT2D eigenvalue weighted by molar-refractivity contribution is 0.254. The maximum absolute atomic E-state index is 6.21. The molecule has 3 rings (SSSR count). The van der Waals surface area contributed by atoms with Crippen LogP contribution in [0.3, 0.4) is 0 Å². The first-order valence-corrected chi connectivity index (χ1v) is 9.05. The first-order valence-electron chi connectivity index (χ1n) is 8.17. The molecule has 3 heterocycles. The zero-order valence-corrected chi connectivity index (χ0v) is 13.5. The van der Waals surface area contributed by atoms with E-state index in [9.17, 15) is 0 Å². The predicted octanol–water partition coefficient (Wildman–Crippen LogP) is 2.69. The molecule has 2 aliphatic rings. The lowest BCUT2D eigenvalue weighted by atomic mass is 10.1. The van der Waals surface area contributed by atoms with E-state index in [0.29, 0.717) is 6.04 Å². The molecule has 0 bridgehead atoms. The molecule has 2 N–H and O–H groups in total. The fourth-order valence-corrected chi connectivity index (χ4v) is 4.17. The highest BCUT2D eigenvalue weighted by Crippen LogP contribution is 2.28. The molecular formula is C16H26N4S. The number of nitrogens with zero attached hydrogens (tertiary/aromatic N) is 3. The predicted molar refractivity (Wildman–Crippen MR) is 89.8 cm³/mol. The zero-order chi connectivity index (χ0) is 14.5. The van der Waals surface area contributed by atoms with Gasteiger partial charge in [0.15, 0.2) is 5.96 Å². The Morgan fingerprint density at radius 3 is 2.52 bits per heavy atom. The number of thiophene rings is 1. The Hall–Kier alpha value is -1.07. The Morgan fingerprint density at radius 2 is 1.86 bits per heavy atom. The lowest BCUT2D eigenvalue weighted by Crippen LogP contribution is -2.41. The molecule has 0 saturated carbocycles. The van der Waals surface area contributed by atoms with Crippen molar-refractivity contribution < 1.29 is 0 Å². The minimum Gasteiger partial charge on any atom is -0.370 e. The van der Waals surface area contributed by atoms with E-state index in [4.69, 9.17) is 10.7 Å². The Bertz CT molecular complexity index is 445. The zero-order valence-electron chi connectivity index (χ0n) is 12.7. The average Bonchev–Trinajstić information content (AvgIpc) is 3.22. The number of nitrogens with two attached hydrogens (primary N) is 1. The van der Waals surface area contributed by atoms with Gasteiger partial charge in [-0.25, -0.2) is 0 Å². The summed E-state index contributed by atoms with van der Waals surface area (Å²) in [6, 6.07) is 4.79. The molecule has 0 amide bonds. The van der Waals surface area contributed by atoms with Crippen LogP contribution in [0.15, 0.2) is 22.5 Å². The molecule has 0 aromatic carbocycles. The molecule has 2 aliphatic heterocycles. The van der Waals surface area contributed by atoms with Gasteiger partial charge in [-0.05, 0) is 56.6 Å². The fraction of sp³-hybridized carbons (Fsp3) is 0.688. The molecule has 2 saturated heterocycles. The van der Waals surface area contributed by atoms with Crippen LogP contribution in [0.5, 0.6) is 0 Å². The molecular weight excluding hydrogens is 280 g/mol. The molecule has 1 unspecified atom stereocenters. The third kappa shape index (κ3) is 3.77. The highest BCUT2D eigenvalue weighted by atomic mass is 32.1. The van der Waals surface area contributed by atoms with Gasteiger partial charge in [-0.2, -0.15) is 0 Å². The van der Waals surface area contributed by atoms with E-state index in [-0.39, 0.29) is 0 Å². The molecule has 1 aromatic heterocycles. The van der Waals surface area contributed by atoms with Gasteiger partial charge in [0.1, 0.15) is 0 Å². The van der Waals surface area contributed by atoms with E-state index < -0.39 is 0 Å². The number of hydrogen-bond donors (Lipinski definition) is 1. The summed E-state index contributed by atoms with van der Waals surface area (Å²) in [5.74, 6) is 0.746. The summed E-state index contributed by atoms with van der Waals surface area (Å²) in [6.07, 6.45) is 6.45. The van der Waals surface area contributed by atoms with Crippen LogP contribution in [0.1, 0.15) is 43.0 Å². The van der Waals surface area contributed by atoms with E-state index in [2.05, 4.69) is 27.3 Å². The van der Waals surface area contributed by atoms with Crippen LogP contribution >= 0.6 is 11.3 Å². The number of likely N-dealkylation sites (tertiary alicyclic amines) is 2. The van der Waals surface area contributed by atoms with E-state index in [1.165, 1.54) is 50.1 Å². The smallest absolute Gasteiger partial charge is 0.191 e. The number of piperidine rings is 1. The highest BCUT2D eigenvalue weighted by molar-refractivity contribution is 7.10. The lowest BCUT2D eigenvalue weighted by Gasteiger charge is -2.29. The monoisotopic (exact) mass is 306 g/mol. The van der Waals surface area contributed by atoms with Gasteiger partial charge in [0.05, 0.1) is 12.6 Å². The van der Waals surface area contributed by atoms with Crippen molar-refractivity contribution in [1.82, 2.24) is 9.80 Å². The largest absolute Gasteiger partial charge is 0.370 e. The van der Waals surface area contributed by atoms with Crippen molar-refractivity contribution >= 4 is 17.3 Å². The molecule has 21 heavy (non-hydrogen) atoms. The number of aliphatic imine (C=N–C) groups is 1. The van der Waals surface area contributed by atoms with Crippen LogP contribution in [0.25, 0.3) is 0 Å². The van der Waals surface area contributed by atoms with Gasteiger partial charge in [-0.3, -0.25) is 9.89 Å². The molecule has 1 aromatic rings. The van der Waals surface area contributed by atoms with Crippen molar-refractivity contribution in [2.75, 3.05) is 32.7 Å². The van der Waals surface area contributed by atoms with E-state index in [0.717, 1.165) is 25.6 Å². The van der Waals surface area contributed by atoms with Crippen LogP contribution in [0, 0.1) is 0 Å². The normalized spacial score (nSPS) is 22.7. The molecule has 1 atom stereocenters. The molecule has 2 fully saturated rings. The van der Waals surface area contributed by atoms with Crippen molar-refractivity contribution in [1.29, 1.82) is 0 Å². The van der Waals surface area contributed by atoms with E-state index in [1.807, 2.05) is 11.3 Å². The fourth-order valence-electron chi connectivity index (χ4n) is 3.32. The second-order valence-electron chi connectivity index (χ2n) is 6.02. The first-order chi connectivity index (χ1) is 10.3. The molecule has 4 nitrogen and oxygen atoms in total. The van der Waals surface area contributed by atoms with Crippen molar-refractivity contribution in [3.8, 4) is 0 Å². The first kappa shape index (κ1) is 14.9. The number of hydrogen-bond acceptors (Lipinski definition) is 3. The minimum atomic E-state index is 0.413. The van der Waals surface area contributed by atoms with Crippen molar-refractivity contribution in [2.45, 2.75) is 38.1 Å². The third-order valence-corrected chi connectivity index (χ3v) is 5.53. The Kier molecular flexibility index (Phi) is 5.14. The Labute approximate surface area is 131 Å². The maximum atomic E-state index is 6.21. The average molecular weight is 306 g/mol. The van der Waals surface area contributed by atoms with Gasteiger partial charge in [0, 0.05) is 18.0 Å². The second-order valence-corrected chi connectivity index (χ2v) is 7.00. The SMILES string of the molecule is NC(=NCC(c1cccs1)N1CCCC1)N1CCCCC1. The number of rotatable bonds is 4. The maximum Gasteiger partial charge on any atom is 0.191 e. The Balaban J connectivity index is 1.66. The van der Waals surface area contributed by atoms with Gasteiger partial charge in [-0.1, -0.05) is 6.07 Å². The van der Waals surface area contributed by atoms with Gasteiger partial charge >= 0.3 is 0 Å². The number of guanidine groups is 1. The second kappa shape index (κ2) is 7.27. The minimum absolute atomic E-state index is 0.413. The van der Waals surface area contributed by atoms with Gasteiger partial charge in [0.25, 0.3) is 0 Å². The van der Waals surface area contributed by atoms with Crippen LogP contribution in [0.2, 0.25) is 0 Å². The third-order valence-electron chi connectivity index (χ3n) is 4.56. The van der Waals surface area contributed by atoms with Gasteiger partial charge in [0.2, 0.25) is 0 Å². The van der Waals surface area contributed by atoms with Crippen molar-refractivity contribution in [2.24, 2.45) is 10.7 Å². The summed E-state index contributed by atoms with van der Waals surface area (Å²) < 4.78 is 0. The summed E-state index contributed by atoms with van der Waals surface area (Å²) in [5.41, 5.74) is 6.21. The summed E-state index contributed by atoms with van der Waals surface area (Å²) in [6.45, 7) is 5.33. The standard InChI is InChI=1S/C16H26N4S/c17-16(20-10-2-1-3-11-20)18-13-14(15-7-6-12-21-15)19-8-4-5-9-19/h6-7,12,14H,1-5,8-11,13H2,(H2,17,18).